The standard InChI is InChI=1S/C20H20N2O2/c1-12-5-7-16(8-6-12)22-18(11-17(21-22)20(23)24)19-14(3)9-13(2)10-15(19)4/h5-11H,1-4H3,(H,23,24). The number of benzene rings is 2. The number of aryl methyl sites for hydroxylation is 4. The van der Waals surface area contributed by atoms with Crippen LogP contribution in [0.1, 0.15) is 32.7 Å². The molecule has 0 radical (unpaired) electrons. The Balaban J connectivity index is 2.28. The van der Waals surface area contributed by atoms with Crippen LogP contribution in [-0.4, -0.2) is 20.9 Å². The van der Waals surface area contributed by atoms with E-state index in [1.165, 1.54) is 5.56 Å². The first kappa shape index (κ1) is 16.0. The summed E-state index contributed by atoms with van der Waals surface area (Å²) in [6, 6.07) is 13.8. The predicted octanol–water partition coefficient (Wildman–Crippen LogP) is 4.47. The largest absolute Gasteiger partial charge is 0.476 e. The highest BCUT2D eigenvalue weighted by atomic mass is 16.4. The van der Waals surface area contributed by atoms with Gasteiger partial charge in [-0.15, -0.1) is 0 Å². The van der Waals surface area contributed by atoms with Gasteiger partial charge in [-0.25, -0.2) is 9.48 Å². The molecule has 0 aliphatic rings. The van der Waals surface area contributed by atoms with Crippen molar-refractivity contribution in [3.05, 3.63) is 70.4 Å². The number of aromatic nitrogens is 2. The van der Waals surface area contributed by atoms with Crippen LogP contribution < -0.4 is 0 Å². The minimum absolute atomic E-state index is 0.0463. The summed E-state index contributed by atoms with van der Waals surface area (Å²) in [5, 5.41) is 13.7. The van der Waals surface area contributed by atoms with Gasteiger partial charge in [0, 0.05) is 5.56 Å². The molecule has 0 atom stereocenters. The molecule has 0 aliphatic heterocycles. The Labute approximate surface area is 141 Å². The summed E-state index contributed by atoms with van der Waals surface area (Å²) in [7, 11) is 0. The summed E-state index contributed by atoms with van der Waals surface area (Å²) >= 11 is 0. The molecule has 0 spiro atoms. The molecule has 1 N–H and O–H groups in total. The first-order chi connectivity index (χ1) is 11.4. The minimum Gasteiger partial charge on any atom is -0.476 e. The van der Waals surface area contributed by atoms with E-state index in [2.05, 4.69) is 24.2 Å². The van der Waals surface area contributed by atoms with Gasteiger partial charge in [0.2, 0.25) is 0 Å². The molecule has 1 aromatic heterocycles. The van der Waals surface area contributed by atoms with Crippen LogP contribution in [0.15, 0.2) is 42.5 Å². The number of aromatic carboxylic acids is 1. The van der Waals surface area contributed by atoms with Gasteiger partial charge in [0.15, 0.2) is 5.69 Å². The molecule has 0 fully saturated rings. The highest BCUT2D eigenvalue weighted by Gasteiger charge is 2.18. The van der Waals surface area contributed by atoms with Gasteiger partial charge in [0.25, 0.3) is 0 Å². The number of rotatable bonds is 3. The van der Waals surface area contributed by atoms with Gasteiger partial charge in [0.05, 0.1) is 11.4 Å². The smallest absolute Gasteiger partial charge is 0.356 e. The van der Waals surface area contributed by atoms with Gasteiger partial charge in [-0.2, -0.15) is 5.10 Å². The van der Waals surface area contributed by atoms with Crippen molar-refractivity contribution in [2.45, 2.75) is 27.7 Å². The summed E-state index contributed by atoms with van der Waals surface area (Å²) in [4.78, 5) is 11.4. The van der Waals surface area contributed by atoms with E-state index < -0.39 is 5.97 Å². The van der Waals surface area contributed by atoms with Crippen molar-refractivity contribution in [1.29, 1.82) is 0 Å². The van der Waals surface area contributed by atoms with E-state index in [1.807, 2.05) is 45.0 Å². The molecule has 0 amide bonds. The van der Waals surface area contributed by atoms with Crippen LogP contribution in [0.3, 0.4) is 0 Å². The monoisotopic (exact) mass is 320 g/mol. The van der Waals surface area contributed by atoms with Crippen molar-refractivity contribution >= 4 is 5.97 Å². The Morgan fingerprint density at radius 2 is 1.50 bits per heavy atom. The Bertz CT molecular complexity index is 898. The summed E-state index contributed by atoms with van der Waals surface area (Å²) in [6.45, 7) is 8.17. The fourth-order valence-corrected chi connectivity index (χ4v) is 3.13. The molecule has 0 saturated heterocycles. The van der Waals surface area contributed by atoms with Gasteiger partial charge in [-0.1, -0.05) is 35.4 Å². The zero-order valence-electron chi connectivity index (χ0n) is 14.3. The van der Waals surface area contributed by atoms with Crippen LogP contribution in [0, 0.1) is 27.7 Å². The Hall–Kier alpha value is -2.88. The molecule has 0 bridgehead atoms. The Kier molecular flexibility index (Phi) is 3.97. The molecule has 24 heavy (non-hydrogen) atoms. The number of carboxylic acid groups (broad SMARTS) is 1. The maximum Gasteiger partial charge on any atom is 0.356 e. The zero-order chi connectivity index (χ0) is 17.4. The molecule has 0 aliphatic carbocycles. The normalized spacial score (nSPS) is 10.8. The van der Waals surface area contributed by atoms with Gasteiger partial charge in [0.1, 0.15) is 0 Å². The molecule has 0 unspecified atom stereocenters. The molecule has 4 nitrogen and oxygen atoms in total. The highest BCUT2D eigenvalue weighted by Crippen LogP contribution is 2.31. The zero-order valence-corrected chi connectivity index (χ0v) is 14.3. The minimum atomic E-state index is -1.02. The van der Waals surface area contributed by atoms with Gasteiger partial charge < -0.3 is 5.11 Å². The molecule has 3 rings (SSSR count). The van der Waals surface area contributed by atoms with Crippen molar-refractivity contribution in [3.63, 3.8) is 0 Å². The van der Waals surface area contributed by atoms with Crippen LogP contribution in [-0.2, 0) is 0 Å². The first-order valence-electron chi connectivity index (χ1n) is 7.85. The van der Waals surface area contributed by atoms with Crippen molar-refractivity contribution in [2.75, 3.05) is 0 Å². The molecule has 0 saturated carbocycles. The van der Waals surface area contributed by atoms with E-state index in [0.29, 0.717) is 0 Å². The number of hydrogen-bond acceptors (Lipinski definition) is 2. The van der Waals surface area contributed by atoms with Crippen molar-refractivity contribution in [1.82, 2.24) is 9.78 Å². The fraction of sp³-hybridized carbons (Fsp3) is 0.200. The van der Waals surface area contributed by atoms with E-state index in [0.717, 1.165) is 33.6 Å². The Morgan fingerprint density at radius 1 is 0.917 bits per heavy atom. The maximum atomic E-state index is 11.4. The summed E-state index contributed by atoms with van der Waals surface area (Å²) in [5.74, 6) is -1.02. The van der Waals surface area contributed by atoms with E-state index in [-0.39, 0.29) is 5.69 Å². The van der Waals surface area contributed by atoms with E-state index in [1.54, 1.807) is 10.7 Å². The molecule has 1 heterocycles. The number of nitrogens with zero attached hydrogens (tertiary/aromatic N) is 2. The second-order valence-electron chi connectivity index (χ2n) is 6.24. The van der Waals surface area contributed by atoms with Gasteiger partial charge >= 0.3 is 5.97 Å². The summed E-state index contributed by atoms with van der Waals surface area (Å²) < 4.78 is 1.72. The number of carboxylic acids is 1. The van der Waals surface area contributed by atoms with E-state index >= 15 is 0 Å². The lowest BCUT2D eigenvalue weighted by Crippen LogP contribution is -2.03. The molecule has 4 heteroatoms. The van der Waals surface area contributed by atoms with Crippen LogP contribution in [0.25, 0.3) is 16.9 Å². The summed E-state index contributed by atoms with van der Waals surface area (Å²) in [5.41, 5.74) is 7.28. The van der Waals surface area contributed by atoms with Crippen LogP contribution in [0.5, 0.6) is 0 Å². The predicted molar refractivity (Wildman–Crippen MR) is 94.9 cm³/mol. The first-order valence-corrected chi connectivity index (χ1v) is 7.85. The van der Waals surface area contributed by atoms with E-state index in [4.69, 9.17) is 0 Å². The Morgan fingerprint density at radius 3 is 2.04 bits per heavy atom. The lowest BCUT2D eigenvalue weighted by atomic mass is 9.97. The second-order valence-corrected chi connectivity index (χ2v) is 6.24. The van der Waals surface area contributed by atoms with Crippen LogP contribution in [0.2, 0.25) is 0 Å². The van der Waals surface area contributed by atoms with Crippen molar-refractivity contribution in [2.24, 2.45) is 0 Å². The third-order valence-electron chi connectivity index (χ3n) is 4.14. The third kappa shape index (κ3) is 2.83. The van der Waals surface area contributed by atoms with E-state index in [9.17, 15) is 9.90 Å². The number of carbonyl (C=O) groups is 1. The van der Waals surface area contributed by atoms with Crippen molar-refractivity contribution in [3.8, 4) is 16.9 Å². The number of hydrogen-bond donors (Lipinski definition) is 1. The van der Waals surface area contributed by atoms with Crippen molar-refractivity contribution < 1.29 is 9.90 Å². The topological polar surface area (TPSA) is 55.1 Å². The maximum absolute atomic E-state index is 11.4. The van der Waals surface area contributed by atoms with Gasteiger partial charge in [-0.05, 0) is 57.0 Å². The lowest BCUT2D eigenvalue weighted by molar-refractivity contribution is 0.0690. The van der Waals surface area contributed by atoms with Crippen LogP contribution >= 0.6 is 0 Å². The lowest BCUT2D eigenvalue weighted by Gasteiger charge is -2.14. The summed E-state index contributed by atoms with van der Waals surface area (Å²) in [6.07, 6.45) is 0. The molecule has 2 aromatic carbocycles. The SMILES string of the molecule is Cc1ccc(-n2nc(C(=O)O)cc2-c2c(C)cc(C)cc2C)cc1. The molecular weight excluding hydrogens is 300 g/mol. The van der Waals surface area contributed by atoms with Crippen LogP contribution in [0.4, 0.5) is 0 Å². The molecular formula is C20H20N2O2. The highest BCUT2D eigenvalue weighted by molar-refractivity contribution is 5.87. The third-order valence-corrected chi connectivity index (χ3v) is 4.14. The van der Waals surface area contributed by atoms with Gasteiger partial charge in [-0.3, -0.25) is 0 Å². The molecule has 3 aromatic rings. The fourth-order valence-electron chi connectivity index (χ4n) is 3.13. The average Bonchev–Trinajstić information content (AvgIpc) is 2.92. The molecule has 122 valence electrons. The second kappa shape index (κ2) is 5.96. The quantitative estimate of drug-likeness (QED) is 0.774. The average molecular weight is 320 g/mol.